The summed E-state index contributed by atoms with van der Waals surface area (Å²) < 4.78 is 0. The topological polar surface area (TPSA) is 70.2 Å². The Balaban J connectivity index is 1.78. The van der Waals surface area contributed by atoms with Crippen LogP contribution in [0.1, 0.15) is 24.6 Å². The molecule has 0 saturated heterocycles. The van der Waals surface area contributed by atoms with E-state index in [9.17, 15) is 4.79 Å². The van der Waals surface area contributed by atoms with Crippen molar-refractivity contribution in [1.82, 2.24) is 20.2 Å². The summed E-state index contributed by atoms with van der Waals surface area (Å²) in [4.78, 5) is 24.8. The van der Waals surface area contributed by atoms with Crippen LogP contribution >= 0.6 is 11.3 Å². The molecule has 0 bridgehead atoms. The van der Waals surface area contributed by atoms with Gasteiger partial charge in [-0.15, -0.1) is 11.3 Å². The smallest absolute Gasteiger partial charge is 0.221 e. The van der Waals surface area contributed by atoms with E-state index in [2.05, 4.69) is 38.5 Å². The van der Waals surface area contributed by atoms with Crippen LogP contribution in [0.25, 0.3) is 10.2 Å². The van der Waals surface area contributed by atoms with Gasteiger partial charge in [0, 0.05) is 24.4 Å². The molecule has 2 aromatic rings. The fourth-order valence-corrected chi connectivity index (χ4v) is 3.16. The molecule has 7 heteroatoms. The van der Waals surface area contributed by atoms with E-state index in [0.29, 0.717) is 13.0 Å². The molecule has 0 aliphatic carbocycles. The van der Waals surface area contributed by atoms with Crippen LogP contribution in [0.5, 0.6) is 0 Å². The maximum Gasteiger partial charge on any atom is 0.221 e. The zero-order valence-electron chi connectivity index (χ0n) is 14.1. The number of aryl methyl sites for hydroxylation is 1. The molecule has 23 heavy (non-hydrogen) atoms. The molecule has 0 radical (unpaired) electrons. The lowest BCUT2D eigenvalue weighted by molar-refractivity contribution is -0.120. The number of anilines is 1. The van der Waals surface area contributed by atoms with E-state index in [1.807, 2.05) is 14.1 Å². The van der Waals surface area contributed by atoms with Gasteiger partial charge in [0.15, 0.2) is 0 Å². The van der Waals surface area contributed by atoms with Gasteiger partial charge in [0.25, 0.3) is 0 Å². The number of rotatable bonds is 9. The van der Waals surface area contributed by atoms with Crippen LogP contribution in [0.4, 0.5) is 5.82 Å². The number of nitrogens with one attached hydrogen (secondary N) is 2. The van der Waals surface area contributed by atoms with Gasteiger partial charge in [-0.3, -0.25) is 4.79 Å². The maximum atomic E-state index is 11.8. The van der Waals surface area contributed by atoms with Gasteiger partial charge in [-0.2, -0.15) is 0 Å². The largest absolute Gasteiger partial charge is 0.369 e. The summed E-state index contributed by atoms with van der Waals surface area (Å²) in [6.45, 7) is 4.41. The van der Waals surface area contributed by atoms with Crippen LogP contribution in [-0.2, 0) is 11.2 Å². The molecule has 0 aliphatic heterocycles. The average Bonchev–Trinajstić information content (AvgIpc) is 2.95. The third kappa shape index (κ3) is 5.44. The van der Waals surface area contributed by atoms with Crippen molar-refractivity contribution < 1.29 is 4.79 Å². The SMILES string of the molecule is CCc1cc2c(NCCC(=O)NCCCN(C)C)ncnc2s1. The molecule has 0 atom stereocenters. The second-order valence-electron chi connectivity index (χ2n) is 5.69. The van der Waals surface area contributed by atoms with Gasteiger partial charge in [0.2, 0.25) is 5.91 Å². The van der Waals surface area contributed by atoms with Crippen molar-refractivity contribution in [1.29, 1.82) is 0 Å². The molecule has 0 aliphatic rings. The number of hydrogen-bond acceptors (Lipinski definition) is 6. The molecule has 2 aromatic heterocycles. The van der Waals surface area contributed by atoms with Gasteiger partial charge in [-0.1, -0.05) is 6.92 Å². The Hall–Kier alpha value is -1.73. The highest BCUT2D eigenvalue weighted by atomic mass is 32.1. The summed E-state index contributed by atoms with van der Waals surface area (Å²) in [6.07, 6.45) is 3.98. The first kappa shape index (κ1) is 17.6. The molecule has 0 aromatic carbocycles. The number of nitrogens with zero attached hydrogens (tertiary/aromatic N) is 3. The fraction of sp³-hybridized carbons (Fsp3) is 0.562. The van der Waals surface area contributed by atoms with Gasteiger partial charge in [0.05, 0.1) is 5.39 Å². The summed E-state index contributed by atoms with van der Waals surface area (Å²) in [5, 5.41) is 7.23. The number of aromatic nitrogens is 2. The summed E-state index contributed by atoms with van der Waals surface area (Å²) in [5.74, 6) is 0.882. The van der Waals surface area contributed by atoms with Gasteiger partial charge in [-0.25, -0.2) is 9.97 Å². The van der Waals surface area contributed by atoms with Crippen molar-refractivity contribution in [3.05, 3.63) is 17.3 Å². The Morgan fingerprint density at radius 3 is 2.87 bits per heavy atom. The highest BCUT2D eigenvalue weighted by molar-refractivity contribution is 7.18. The van der Waals surface area contributed by atoms with Gasteiger partial charge in [-0.05, 0) is 39.5 Å². The third-order valence-corrected chi connectivity index (χ3v) is 4.67. The molecule has 0 fully saturated rings. The standard InChI is InChI=1S/C16H25N5OS/c1-4-12-10-13-15(19-11-20-16(13)23-12)18-8-6-14(22)17-7-5-9-21(2)3/h10-11H,4-9H2,1-3H3,(H,17,22)(H,18,19,20). The fourth-order valence-electron chi connectivity index (χ4n) is 2.23. The summed E-state index contributed by atoms with van der Waals surface area (Å²) >= 11 is 1.69. The lowest BCUT2D eigenvalue weighted by atomic mass is 10.3. The molecule has 0 unspecified atom stereocenters. The molecule has 1 amide bonds. The molecular formula is C16H25N5OS. The van der Waals surface area contributed by atoms with Gasteiger partial charge >= 0.3 is 0 Å². The lowest BCUT2D eigenvalue weighted by Crippen LogP contribution is -2.28. The number of carbonyl (C=O) groups is 1. The van der Waals surface area contributed by atoms with Crippen molar-refractivity contribution >= 4 is 33.3 Å². The van der Waals surface area contributed by atoms with Crippen LogP contribution in [0, 0.1) is 0 Å². The van der Waals surface area contributed by atoms with Crippen LogP contribution in [-0.4, -0.2) is 54.5 Å². The zero-order valence-corrected chi connectivity index (χ0v) is 14.9. The number of fused-ring (bicyclic) bond motifs is 1. The number of carbonyl (C=O) groups excluding carboxylic acids is 1. The van der Waals surface area contributed by atoms with Crippen molar-refractivity contribution in [3.8, 4) is 0 Å². The summed E-state index contributed by atoms with van der Waals surface area (Å²) in [6, 6.07) is 2.13. The van der Waals surface area contributed by atoms with E-state index >= 15 is 0 Å². The van der Waals surface area contributed by atoms with E-state index in [4.69, 9.17) is 0 Å². The van der Waals surface area contributed by atoms with Crippen molar-refractivity contribution in [2.24, 2.45) is 0 Å². The predicted molar refractivity (Wildman–Crippen MR) is 96.1 cm³/mol. The quantitative estimate of drug-likeness (QED) is 0.687. The predicted octanol–water partition coefficient (Wildman–Crippen LogP) is 2.12. The first-order valence-electron chi connectivity index (χ1n) is 7.99. The molecule has 2 N–H and O–H groups in total. The summed E-state index contributed by atoms with van der Waals surface area (Å²) in [7, 11) is 4.06. The molecule has 0 saturated carbocycles. The zero-order chi connectivity index (χ0) is 16.7. The van der Waals surface area contributed by atoms with Crippen molar-refractivity contribution in [3.63, 3.8) is 0 Å². The van der Waals surface area contributed by atoms with Gasteiger partial charge < -0.3 is 15.5 Å². The Bertz CT molecular complexity index is 640. The van der Waals surface area contributed by atoms with E-state index in [1.165, 1.54) is 4.88 Å². The average molecular weight is 335 g/mol. The lowest BCUT2D eigenvalue weighted by Gasteiger charge is -2.10. The second-order valence-corrected chi connectivity index (χ2v) is 6.81. The highest BCUT2D eigenvalue weighted by Gasteiger charge is 2.08. The Morgan fingerprint density at radius 2 is 2.13 bits per heavy atom. The maximum absolute atomic E-state index is 11.8. The first-order valence-corrected chi connectivity index (χ1v) is 8.80. The van der Waals surface area contributed by atoms with E-state index in [0.717, 1.165) is 42.0 Å². The minimum atomic E-state index is 0.0705. The Labute approximate surface area is 141 Å². The normalized spacial score (nSPS) is 11.1. The van der Waals surface area contributed by atoms with Crippen LogP contribution in [0.3, 0.4) is 0 Å². The highest BCUT2D eigenvalue weighted by Crippen LogP contribution is 2.28. The Morgan fingerprint density at radius 1 is 1.30 bits per heavy atom. The van der Waals surface area contributed by atoms with Gasteiger partial charge in [0.1, 0.15) is 17.0 Å². The number of amides is 1. The summed E-state index contributed by atoms with van der Waals surface area (Å²) in [5.41, 5.74) is 0. The molecule has 2 heterocycles. The van der Waals surface area contributed by atoms with E-state index in [1.54, 1.807) is 17.7 Å². The molecule has 2 rings (SSSR count). The van der Waals surface area contributed by atoms with Crippen molar-refractivity contribution in [2.75, 3.05) is 39.0 Å². The Kier molecular flexibility index (Phi) is 6.73. The molecule has 0 spiro atoms. The monoisotopic (exact) mass is 335 g/mol. The molecule has 6 nitrogen and oxygen atoms in total. The molecular weight excluding hydrogens is 310 g/mol. The van der Waals surface area contributed by atoms with Crippen molar-refractivity contribution in [2.45, 2.75) is 26.2 Å². The first-order chi connectivity index (χ1) is 11.1. The minimum Gasteiger partial charge on any atom is -0.369 e. The minimum absolute atomic E-state index is 0.0705. The van der Waals surface area contributed by atoms with E-state index < -0.39 is 0 Å². The number of thiophene rings is 1. The second kappa shape index (κ2) is 8.79. The third-order valence-electron chi connectivity index (χ3n) is 3.48. The van der Waals surface area contributed by atoms with E-state index in [-0.39, 0.29) is 5.91 Å². The van der Waals surface area contributed by atoms with Crippen LogP contribution in [0.15, 0.2) is 12.4 Å². The van der Waals surface area contributed by atoms with Crippen LogP contribution in [0.2, 0.25) is 0 Å². The molecule has 126 valence electrons. The number of hydrogen-bond donors (Lipinski definition) is 2. The van der Waals surface area contributed by atoms with Crippen LogP contribution < -0.4 is 10.6 Å².